The maximum Gasteiger partial charge on any atom is 0.354 e. The highest BCUT2D eigenvalue weighted by Gasteiger charge is 2.36. The molecule has 1 aromatic rings. The Bertz CT molecular complexity index is 551. The Balaban J connectivity index is 2.29. The van der Waals surface area contributed by atoms with E-state index in [0.29, 0.717) is 5.69 Å². The summed E-state index contributed by atoms with van der Waals surface area (Å²) in [5.74, 6) is -1.58. The number of aliphatic carboxylic acids is 1. The summed E-state index contributed by atoms with van der Waals surface area (Å²) in [4.78, 5) is 23.0. The van der Waals surface area contributed by atoms with Gasteiger partial charge < -0.3 is 9.84 Å². The van der Waals surface area contributed by atoms with Gasteiger partial charge in [-0.05, 0) is 26.0 Å². The number of nitrogens with zero attached hydrogens (tertiary/aromatic N) is 2. The zero-order chi connectivity index (χ0) is 14.7. The summed E-state index contributed by atoms with van der Waals surface area (Å²) in [6.45, 7) is 3.87. The van der Waals surface area contributed by atoms with Gasteiger partial charge in [-0.2, -0.15) is 5.10 Å². The van der Waals surface area contributed by atoms with Gasteiger partial charge in [-0.15, -0.1) is 0 Å². The Kier molecular flexibility index (Phi) is 4.02. The molecule has 2 rings (SSSR count). The van der Waals surface area contributed by atoms with Crippen molar-refractivity contribution in [1.82, 2.24) is 0 Å². The minimum atomic E-state index is -1.02. The van der Waals surface area contributed by atoms with Gasteiger partial charge in [0.2, 0.25) is 0 Å². The number of rotatable bonds is 4. The summed E-state index contributed by atoms with van der Waals surface area (Å²) < 4.78 is 4.87. The van der Waals surface area contributed by atoms with Crippen LogP contribution in [0, 0.1) is 6.92 Å². The van der Waals surface area contributed by atoms with E-state index in [9.17, 15) is 14.7 Å². The third-order valence-corrected chi connectivity index (χ3v) is 3.00. The van der Waals surface area contributed by atoms with Gasteiger partial charge in [-0.25, -0.2) is 9.59 Å². The van der Waals surface area contributed by atoms with E-state index in [1.807, 2.05) is 19.1 Å². The van der Waals surface area contributed by atoms with Crippen molar-refractivity contribution in [3.8, 4) is 0 Å². The third kappa shape index (κ3) is 2.79. The number of benzene rings is 1. The Morgan fingerprint density at radius 3 is 2.60 bits per heavy atom. The molecule has 1 N–H and O–H groups in total. The van der Waals surface area contributed by atoms with Gasteiger partial charge in [-0.1, -0.05) is 17.7 Å². The van der Waals surface area contributed by atoms with Crippen molar-refractivity contribution >= 4 is 23.3 Å². The van der Waals surface area contributed by atoms with Gasteiger partial charge in [0.1, 0.15) is 5.71 Å². The summed E-state index contributed by atoms with van der Waals surface area (Å²) in [6.07, 6.45) is 0.0437. The van der Waals surface area contributed by atoms with Crippen molar-refractivity contribution in [3.63, 3.8) is 0 Å². The van der Waals surface area contributed by atoms with Crippen LogP contribution < -0.4 is 5.01 Å². The Labute approximate surface area is 116 Å². The molecule has 0 radical (unpaired) electrons. The van der Waals surface area contributed by atoms with Crippen LogP contribution in [-0.2, 0) is 14.3 Å². The van der Waals surface area contributed by atoms with E-state index in [-0.39, 0.29) is 18.7 Å². The van der Waals surface area contributed by atoms with Crippen LogP contribution in [0.5, 0.6) is 0 Å². The standard InChI is InChI=1S/C14H16N2O4/c1-3-20-14(19)11-8-12(13(17)18)16(15-11)10-6-4-9(2)5-7-10/h4-7,12H,3,8H2,1-2H3,(H,17,18). The maximum absolute atomic E-state index is 11.7. The number of carboxylic acids is 1. The van der Waals surface area contributed by atoms with Crippen LogP contribution in [0.15, 0.2) is 29.4 Å². The minimum Gasteiger partial charge on any atom is -0.480 e. The van der Waals surface area contributed by atoms with Gasteiger partial charge in [-0.3, -0.25) is 5.01 Å². The highest BCUT2D eigenvalue weighted by molar-refractivity contribution is 6.38. The van der Waals surface area contributed by atoms with Crippen LogP contribution in [0.25, 0.3) is 0 Å². The second kappa shape index (κ2) is 5.73. The van der Waals surface area contributed by atoms with Crippen LogP contribution in [-0.4, -0.2) is 35.4 Å². The SMILES string of the molecule is CCOC(=O)C1=NN(c2ccc(C)cc2)C(C(=O)O)C1. The van der Waals surface area contributed by atoms with Gasteiger partial charge in [0.05, 0.1) is 12.3 Å². The lowest BCUT2D eigenvalue weighted by Crippen LogP contribution is -2.34. The molecule has 1 heterocycles. The average Bonchev–Trinajstić information content (AvgIpc) is 2.85. The molecular weight excluding hydrogens is 260 g/mol. The Hall–Kier alpha value is -2.37. The minimum absolute atomic E-state index is 0.0437. The first-order valence-electron chi connectivity index (χ1n) is 6.36. The highest BCUT2D eigenvalue weighted by Crippen LogP contribution is 2.25. The molecule has 1 unspecified atom stereocenters. The largest absolute Gasteiger partial charge is 0.480 e. The number of hydrogen-bond acceptors (Lipinski definition) is 5. The average molecular weight is 276 g/mol. The zero-order valence-corrected chi connectivity index (χ0v) is 11.4. The fraction of sp³-hybridized carbons (Fsp3) is 0.357. The molecule has 1 aliphatic rings. The molecule has 1 aromatic carbocycles. The molecule has 0 saturated carbocycles. The number of esters is 1. The molecule has 0 aliphatic carbocycles. The number of hydrogen-bond donors (Lipinski definition) is 1. The van der Waals surface area contributed by atoms with E-state index in [2.05, 4.69) is 5.10 Å². The summed E-state index contributed by atoms with van der Waals surface area (Å²) in [6, 6.07) is 6.42. The first-order valence-corrected chi connectivity index (χ1v) is 6.36. The smallest absolute Gasteiger partial charge is 0.354 e. The second-order valence-corrected chi connectivity index (χ2v) is 4.51. The first kappa shape index (κ1) is 14.0. The predicted octanol–water partition coefficient (Wildman–Crippen LogP) is 1.58. The van der Waals surface area contributed by atoms with Crippen molar-refractivity contribution in [1.29, 1.82) is 0 Å². The fourth-order valence-electron chi connectivity index (χ4n) is 1.98. The molecule has 6 nitrogen and oxygen atoms in total. The summed E-state index contributed by atoms with van der Waals surface area (Å²) in [7, 11) is 0. The van der Waals surface area contributed by atoms with Gasteiger partial charge in [0, 0.05) is 6.42 Å². The number of anilines is 1. The zero-order valence-electron chi connectivity index (χ0n) is 11.4. The van der Waals surface area contributed by atoms with Gasteiger partial charge >= 0.3 is 11.9 Å². The lowest BCUT2D eigenvalue weighted by Gasteiger charge is -2.19. The van der Waals surface area contributed by atoms with Crippen molar-refractivity contribution in [2.75, 3.05) is 11.6 Å². The van der Waals surface area contributed by atoms with E-state index in [1.165, 1.54) is 5.01 Å². The number of carboxylic acid groups (broad SMARTS) is 1. The predicted molar refractivity (Wildman–Crippen MR) is 73.8 cm³/mol. The Morgan fingerprint density at radius 1 is 1.40 bits per heavy atom. The van der Waals surface area contributed by atoms with E-state index in [4.69, 9.17) is 4.74 Å². The Morgan fingerprint density at radius 2 is 2.05 bits per heavy atom. The molecule has 106 valence electrons. The van der Waals surface area contributed by atoms with Crippen molar-refractivity contribution < 1.29 is 19.4 Å². The molecule has 6 heteroatoms. The third-order valence-electron chi connectivity index (χ3n) is 3.00. The molecule has 1 atom stereocenters. The van der Waals surface area contributed by atoms with Crippen molar-refractivity contribution in [2.24, 2.45) is 5.10 Å². The quantitative estimate of drug-likeness (QED) is 0.844. The monoisotopic (exact) mass is 276 g/mol. The summed E-state index contributed by atoms with van der Waals surface area (Å²) in [5, 5.41) is 14.7. The molecule has 20 heavy (non-hydrogen) atoms. The number of ether oxygens (including phenoxy) is 1. The lowest BCUT2D eigenvalue weighted by molar-refractivity contribution is -0.138. The van der Waals surface area contributed by atoms with Crippen LogP contribution >= 0.6 is 0 Å². The molecule has 0 bridgehead atoms. The number of carbonyl (C=O) groups excluding carboxylic acids is 1. The van der Waals surface area contributed by atoms with Crippen LogP contribution in [0.1, 0.15) is 18.9 Å². The number of carbonyl (C=O) groups is 2. The number of aryl methyl sites for hydroxylation is 1. The van der Waals surface area contributed by atoms with Crippen molar-refractivity contribution in [2.45, 2.75) is 26.3 Å². The van der Waals surface area contributed by atoms with E-state index in [1.54, 1.807) is 19.1 Å². The van der Waals surface area contributed by atoms with Gasteiger partial charge in [0.15, 0.2) is 6.04 Å². The molecule has 0 fully saturated rings. The van der Waals surface area contributed by atoms with E-state index in [0.717, 1.165) is 5.56 Å². The topological polar surface area (TPSA) is 79.2 Å². The molecule has 1 aliphatic heterocycles. The second-order valence-electron chi connectivity index (χ2n) is 4.51. The molecular formula is C14H16N2O4. The lowest BCUT2D eigenvalue weighted by atomic mass is 10.1. The first-order chi connectivity index (χ1) is 9.52. The molecule has 0 aromatic heterocycles. The summed E-state index contributed by atoms with van der Waals surface area (Å²) >= 11 is 0. The highest BCUT2D eigenvalue weighted by atomic mass is 16.5. The van der Waals surface area contributed by atoms with Gasteiger partial charge in [0.25, 0.3) is 0 Å². The maximum atomic E-state index is 11.7. The van der Waals surface area contributed by atoms with E-state index >= 15 is 0 Å². The molecule has 0 spiro atoms. The van der Waals surface area contributed by atoms with Crippen LogP contribution in [0.2, 0.25) is 0 Å². The summed E-state index contributed by atoms with van der Waals surface area (Å²) in [5.41, 5.74) is 1.84. The normalized spacial score (nSPS) is 17.8. The molecule has 0 saturated heterocycles. The van der Waals surface area contributed by atoms with Crippen LogP contribution in [0.4, 0.5) is 5.69 Å². The number of hydrazone groups is 1. The molecule has 0 amide bonds. The van der Waals surface area contributed by atoms with Crippen LogP contribution in [0.3, 0.4) is 0 Å². The van der Waals surface area contributed by atoms with Crippen molar-refractivity contribution in [3.05, 3.63) is 29.8 Å². The fourth-order valence-corrected chi connectivity index (χ4v) is 1.98. The van der Waals surface area contributed by atoms with E-state index < -0.39 is 18.0 Å².